The Labute approximate surface area is 417 Å². The molecule has 0 aliphatic carbocycles. The number of hydrogen-bond acceptors (Lipinski definition) is 14. The summed E-state index contributed by atoms with van der Waals surface area (Å²) in [6.45, 7) is 6.18. The quantitative estimate of drug-likeness (QED) is 0.0455. The number of nitrogens with one attached hydrogen (secondary N) is 5. The lowest BCUT2D eigenvalue weighted by Gasteiger charge is -2.35. The number of carbonyl (C=O) groups excluding carboxylic acids is 10. The molecular weight excluding hydrogens is 943 g/mol. The van der Waals surface area contributed by atoms with Crippen molar-refractivity contribution in [2.24, 2.45) is 29.0 Å². The number of aromatic hydroxyl groups is 1. The first kappa shape index (κ1) is 57.7. The highest BCUT2D eigenvalue weighted by molar-refractivity contribution is 5.99. The summed E-state index contributed by atoms with van der Waals surface area (Å²) in [7, 11) is 0. The number of nitrogens with two attached hydrogens (primary N) is 3. The Morgan fingerprint density at radius 3 is 1.58 bits per heavy atom. The molecule has 3 aliphatic rings. The Balaban J connectivity index is 1.48. The van der Waals surface area contributed by atoms with E-state index in [4.69, 9.17) is 17.2 Å². The number of hydrogen-bond donors (Lipinski definition) is 11. The summed E-state index contributed by atoms with van der Waals surface area (Å²) in [5.41, 5.74) is 16.8. The van der Waals surface area contributed by atoms with Crippen molar-refractivity contribution in [3.63, 3.8) is 0 Å². The van der Waals surface area contributed by atoms with Gasteiger partial charge in [-0.1, -0.05) is 39.8 Å². The molecule has 3 saturated heterocycles. The second-order valence-corrected chi connectivity index (χ2v) is 19.2. The maximum atomic E-state index is 14.4. The van der Waals surface area contributed by atoms with Crippen LogP contribution in [0.4, 0.5) is 0 Å². The minimum atomic E-state index is -1.70. The number of phenols is 1. The van der Waals surface area contributed by atoms with E-state index in [0.29, 0.717) is 37.7 Å². The van der Waals surface area contributed by atoms with Gasteiger partial charge in [-0.2, -0.15) is 0 Å². The summed E-state index contributed by atoms with van der Waals surface area (Å²) in [6, 6.07) is -5.74. The summed E-state index contributed by atoms with van der Waals surface area (Å²) < 4.78 is 0. The van der Waals surface area contributed by atoms with Gasteiger partial charge in [0.1, 0.15) is 54.1 Å². The van der Waals surface area contributed by atoms with E-state index in [1.165, 1.54) is 39.0 Å². The van der Waals surface area contributed by atoms with Gasteiger partial charge in [-0.05, 0) is 80.9 Å². The zero-order valence-corrected chi connectivity index (χ0v) is 41.2. The number of rotatable bonds is 25. The van der Waals surface area contributed by atoms with Crippen molar-refractivity contribution in [3.05, 3.63) is 29.8 Å². The maximum absolute atomic E-state index is 14.4. The largest absolute Gasteiger partial charge is 0.508 e. The normalized spacial score (nSPS) is 20.2. The number of phenolic OH excluding ortho intramolecular Hbond substituents is 1. The molecule has 25 nitrogen and oxygen atoms in total. The van der Waals surface area contributed by atoms with E-state index in [1.807, 2.05) is 0 Å². The Kier molecular flexibility index (Phi) is 21.3. The van der Waals surface area contributed by atoms with Crippen LogP contribution >= 0.6 is 0 Å². The first-order valence-electron chi connectivity index (χ1n) is 24.3. The molecule has 0 radical (unpaired) electrons. The number of benzene rings is 1. The third-order valence-electron chi connectivity index (χ3n) is 13.1. The van der Waals surface area contributed by atoms with Crippen LogP contribution in [-0.2, 0) is 59.2 Å². The number of likely N-dealkylation sites (tertiary alicyclic amines) is 3. The summed E-state index contributed by atoms with van der Waals surface area (Å²) in [5.74, 6) is -9.87. The second-order valence-electron chi connectivity index (χ2n) is 19.2. The smallest absolute Gasteiger partial charge is 0.326 e. The van der Waals surface area contributed by atoms with E-state index < -0.39 is 138 Å². The highest BCUT2D eigenvalue weighted by Crippen LogP contribution is 2.29. The summed E-state index contributed by atoms with van der Waals surface area (Å²) in [6.07, 6.45) is 0.889. The number of aliphatic hydroxyl groups excluding tert-OH is 1. The topological polar surface area (TPSA) is 396 Å². The molecular formula is C47H71N11O14. The number of primary amides is 2. The molecule has 3 fully saturated rings. The maximum Gasteiger partial charge on any atom is 0.326 e. The van der Waals surface area contributed by atoms with E-state index in [0.717, 1.165) is 0 Å². The van der Waals surface area contributed by atoms with E-state index in [-0.39, 0.29) is 63.9 Å². The van der Waals surface area contributed by atoms with Crippen molar-refractivity contribution in [1.29, 1.82) is 0 Å². The van der Waals surface area contributed by atoms with Crippen molar-refractivity contribution in [1.82, 2.24) is 41.3 Å². The van der Waals surface area contributed by atoms with Crippen LogP contribution in [-0.4, -0.2) is 176 Å². The average Bonchev–Trinajstić information content (AvgIpc) is 4.14. The first-order valence-corrected chi connectivity index (χ1v) is 24.3. The predicted octanol–water partition coefficient (Wildman–Crippen LogP) is -3.42. The molecule has 398 valence electrons. The average molecular weight is 1010 g/mol. The molecule has 0 aromatic heterocycles. The van der Waals surface area contributed by atoms with Crippen molar-refractivity contribution in [2.75, 3.05) is 26.2 Å². The van der Waals surface area contributed by atoms with Crippen LogP contribution in [0.5, 0.6) is 5.75 Å². The number of carboxylic acids is 1. The van der Waals surface area contributed by atoms with Crippen LogP contribution in [0, 0.1) is 11.8 Å². The zero-order chi connectivity index (χ0) is 53.6. The lowest BCUT2D eigenvalue weighted by molar-refractivity contribution is -0.151. The Morgan fingerprint density at radius 2 is 1.06 bits per heavy atom. The molecule has 3 aliphatic heterocycles. The fourth-order valence-electron chi connectivity index (χ4n) is 9.05. The fraction of sp³-hybridized carbons (Fsp3) is 0.638. The van der Waals surface area contributed by atoms with Gasteiger partial charge in [-0.3, -0.25) is 47.9 Å². The van der Waals surface area contributed by atoms with Crippen LogP contribution in [0.3, 0.4) is 0 Å². The minimum Gasteiger partial charge on any atom is -0.508 e. The van der Waals surface area contributed by atoms with Gasteiger partial charge in [0.2, 0.25) is 59.1 Å². The van der Waals surface area contributed by atoms with Crippen LogP contribution in [0.15, 0.2) is 24.3 Å². The van der Waals surface area contributed by atoms with E-state index in [9.17, 15) is 68.1 Å². The molecule has 10 amide bonds. The number of amides is 10. The Morgan fingerprint density at radius 1 is 0.597 bits per heavy atom. The number of aliphatic hydroxyl groups is 1. The first-order chi connectivity index (χ1) is 33.9. The van der Waals surface area contributed by atoms with Crippen LogP contribution in [0.1, 0.15) is 97.5 Å². The molecule has 14 N–H and O–H groups in total. The number of carboxylic acid groups (broad SMARTS) is 1. The highest BCUT2D eigenvalue weighted by atomic mass is 16.4. The zero-order valence-electron chi connectivity index (χ0n) is 41.2. The van der Waals surface area contributed by atoms with Crippen molar-refractivity contribution >= 4 is 65.0 Å². The lowest BCUT2D eigenvalue weighted by Crippen LogP contribution is -2.61. The molecule has 3 heterocycles. The molecule has 9 atom stereocenters. The summed E-state index contributed by atoms with van der Waals surface area (Å²) in [5, 5.41) is 42.4. The standard InChI is InChI=1S/C47H71N11O14/c1-24(2)37(46(70)58-21-7-10-34(58)45(69)57-20-6-9-33(57)44(68)56-19-5-8-32(56)43(67)55-38(25(3)4)47(71)72)54-42(66)31(23-59)53-41(65)30(22-26-11-13-27(60)14-12-26)52-40(64)29(16-18-36(50)62)51-39(63)28(48)15-17-35(49)61/h11-14,24-25,28-34,37-38,59-60H,5-10,15-23,48H2,1-4H3,(H2,49,61)(H2,50,62)(H,51,63)(H,52,64)(H,53,65)(H,54,66)(H,55,67)(H,71,72)/t28-,29-,30-,31-,32-,33-,34-,37-,38-/m0/s1. The van der Waals surface area contributed by atoms with Gasteiger partial charge >= 0.3 is 5.97 Å². The van der Waals surface area contributed by atoms with Crippen molar-refractivity contribution in [2.45, 2.75) is 153 Å². The number of aliphatic carboxylic acids is 1. The fourth-order valence-corrected chi connectivity index (χ4v) is 9.05. The van der Waals surface area contributed by atoms with Crippen molar-refractivity contribution in [3.8, 4) is 5.75 Å². The summed E-state index contributed by atoms with van der Waals surface area (Å²) in [4.78, 5) is 150. The molecule has 0 bridgehead atoms. The van der Waals surface area contributed by atoms with Gasteiger partial charge in [-0.25, -0.2) is 4.79 Å². The van der Waals surface area contributed by atoms with Gasteiger partial charge in [0.15, 0.2) is 0 Å². The molecule has 4 rings (SSSR count). The third kappa shape index (κ3) is 15.6. The van der Waals surface area contributed by atoms with Gasteiger partial charge in [-0.15, -0.1) is 0 Å². The van der Waals surface area contributed by atoms with Gasteiger partial charge in [0.25, 0.3) is 0 Å². The molecule has 0 unspecified atom stereocenters. The van der Waals surface area contributed by atoms with Crippen LogP contribution in [0.2, 0.25) is 0 Å². The lowest BCUT2D eigenvalue weighted by atomic mass is 10.0. The summed E-state index contributed by atoms with van der Waals surface area (Å²) >= 11 is 0. The minimum absolute atomic E-state index is 0.105. The van der Waals surface area contributed by atoms with Crippen LogP contribution < -0.4 is 43.8 Å². The predicted molar refractivity (Wildman–Crippen MR) is 255 cm³/mol. The van der Waals surface area contributed by atoms with E-state index >= 15 is 0 Å². The molecule has 1 aromatic carbocycles. The van der Waals surface area contributed by atoms with Gasteiger partial charge < -0.3 is 73.8 Å². The third-order valence-corrected chi connectivity index (χ3v) is 13.1. The van der Waals surface area contributed by atoms with E-state index in [2.05, 4.69) is 26.6 Å². The molecule has 25 heteroatoms. The Bertz CT molecular complexity index is 2170. The Hall–Kier alpha value is -6.89. The van der Waals surface area contributed by atoms with Gasteiger partial charge in [0, 0.05) is 38.9 Å². The van der Waals surface area contributed by atoms with Crippen LogP contribution in [0.25, 0.3) is 0 Å². The molecule has 72 heavy (non-hydrogen) atoms. The van der Waals surface area contributed by atoms with Gasteiger partial charge in [0.05, 0.1) is 12.6 Å². The molecule has 0 saturated carbocycles. The molecule has 1 aromatic rings. The monoisotopic (exact) mass is 1010 g/mol. The second kappa shape index (κ2) is 26.5. The highest BCUT2D eigenvalue weighted by Gasteiger charge is 2.47. The SMILES string of the molecule is CC(C)[C@H](NC(=O)[C@@H]1CCCN1C(=O)[C@@H]1CCCN1C(=O)[C@@H]1CCCN1C(=O)[C@@H](NC(=O)[C@H](CO)NC(=O)[C@H](Cc1ccc(O)cc1)NC(=O)[C@H](CCC(N)=O)NC(=O)[C@@H](N)CCC(N)=O)C(C)C)C(=O)O. The van der Waals surface area contributed by atoms with Crippen molar-refractivity contribution < 1.29 is 68.1 Å². The number of carbonyl (C=O) groups is 11. The molecule has 0 spiro atoms. The number of nitrogens with zero attached hydrogens (tertiary/aromatic N) is 3. The van der Waals surface area contributed by atoms with E-state index in [1.54, 1.807) is 27.7 Å².